The predicted octanol–water partition coefficient (Wildman–Crippen LogP) is 1.59. The molecule has 0 radical (unpaired) electrons. The van der Waals surface area contributed by atoms with Crippen LogP contribution in [0.5, 0.6) is 0 Å². The molecule has 1 aliphatic heterocycles. The van der Waals surface area contributed by atoms with Crippen molar-refractivity contribution in [3.8, 4) is 0 Å². The molecule has 1 saturated carbocycles. The Kier molecular flexibility index (Phi) is 3.74. The standard InChI is InChI=1S/C14H22N4O2/c1-9-15-13(17-16-9)12-7-11(20-2)8-18(12)14(19)10-5-3-4-6-10/h10-12H,3-8H2,1-2H3,(H,15,16,17)/t11-,12-/m0/s1. The second-order valence-electron chi connectivity index (χ2n) is 5.86. The zero-order chi connectivity index (χ0) is 14.1. The molecule has 2 atom stereocenters. The number of hydrogen-bond acceptors (Lipinski definition) is 4. The van der Waals surface area contributed by atoms with Crippen molar-refractivity contribution in [1.29, 1.82) is 0 Å². The molecule has 1 saturated heterocycles. The number of likely N-dealkylation sites (tertiary alicyclic amines) is 1. The van der Waals surface area contributed by atoms with Crippen molar-refractivity contribution < 1.29 is 9.53 Å². The van der Waals surface area contributed by atoms with Crippen LogP contribution in [0.25, 0.3) is 0 Å². The van der Waals surface area contributed by atoms with E-state index in [1.807, 2.05) is 11.8 Å². The van der Waals surface area contributed by atoms with Gasteiger partial charge in [0.1, 0.15) is 5.82 Å². The van der Waals surface area contributed by atoms with E-state index in [0.717, 1.165) is 25.1 Å². The van der Waals surface area contributed by atoms with Crippen LogP contribution in [0, 0.1) is 12.8 Å². The van der Waals surface area contributed by atoms with Gasteiger partial charge in [0, 0.05) is 26.0 Å². The van der Waals surface area contributed by atoms with Gasteiger partial charge in [-0.15, -0.1) is 0 Å². The van der Waals surface area contributed by atoms with Crippen molar-refractivity contribution in [2.24, 2.45) is 5.92 Å². The first-order valence-electron chi connectivity index (χ1n) is 7.41. The topological polar surface area (TPSA) is 71.1 Å². The Hall–Kier alpha value is -1.43. The second kappa shape index (κ2) is 5.52. The quantitative estimate of drug-likeness (QED) is 0.911. The predicted molar refractivity (Wildman–Crippen MR) is 72.9 cm³/mol. The number of carbonyl (C=O) groups is 1. The van der Waals surface area contributed by atoms with Crippen molar-refractivity contribution in [3.63, 3.8) is 0 Å². The van der Waals surface area contributed by atoms with Crippen LogP contribution in [0.4, 0.5) is 0 Å². The maximum Gasteiger partial charge on any atom is 0.226 e. The third-order valence-electron chi connectivity index (χ3n) is 4.50. The molecule has 1 aromatic heterocycles. The fraction of sp³-hybridized carbons (Fsp3) is 0.786. The van der Waals surface area contributed by atoms with Crippen molar-refractivity contribution >= 4 is 5.91 Å². The number of nitrogens with one attached hydrogen (secondary N) is 1. The average Bonchev–Trinajstić information content (AvgIpc) is 3.17. The zero-order valence-corrected chi connectivity index (χ0v) is 12.1. The first kappa shape index (κ1) is 13.5. The zero-order valence-electron chi connectivity index (χ0n) is 12.1. The van der Waals surface area contributed by atoms with Crippen LogP contribution in [0.15, 0.2) is 0 Å². The Morgan fingerprint density at radius 3 is 2.75 bits per heavy atom. The van der Waals surface area contributed by atoms with E-state index in [2.05, 4.69) is 15.2 Å². The van der Waals surface area contributed by atoms with Gasteiger partial charge in [0.25, 0.3) is 0 Å². The number of carbonyl (C=O) groups excluding carboxylic acids is 1. The molecule has 2 heterocycles. The molecule has 1 N–H and O–H groups in total. The fourth-order valence-electron chi connectivity index (χ4n) is 3.37. The number of aromatic amines is 1. The van der Waals surface area contributed by atoms with E-state index in [0.29, 0.717) is 12.4 Å². The summed E-state index contributed by atoms with van der Waals surface area (Å²) < 4.78 is 5.45. The summed E-state index contributed by atoms with van der Waals surface area (Å²) in [5.74, 6) is 1.95. The minimum atomic E-state index is -0.0435. The molecule has 1 aliphatic carbocycles. The molecule has 2 aliphatic rings. The van der Waals surface area contributed by atoms with Gasteiger partial charge in [0.15, 0.2) is 5.82 Å². The minimum absolute atomic E-state index is 0.0435. The Balaban J connectivity index is 1.80. The van der Waals surface area contributed by atoms with Gasteiger partial charge in [0.2, 0.25) is 5.91 Å². The van der Waals surface area contributed by atoms with E-state index in [-0.39, 0.29) is 24.0 Å². The molecule has 6 nitrogen and oxygen atoms in total. The summed E-state index contributed by atoms with van der Waals surface area (Å²) in [5, 5.41) is 7.11. The van der Waals surface area contributed by atoms with Gasteiger partial charge in [-0.3, -0.25) is 9.89 Å². The normalized spacial score (nSPS) is 27.4. The van der Waals surface area contributed by atoms with Gasteiger partial charge in [0.05, 0.1) is 12.1 Å². The van der Waals surface area contributed by atoms with E-state index in [1.165, 1.54) is 12.8 Å². The number of methoxy groups -OCH3 is 1. The fourth-order valence-corrected chi connectivity index (χ4v) is 3.37. The molecule has 1 aromatic rings. The Morgan fingerprint density at radius 1 is 1.40 bits per heavy atom. The lowest BCUT2D eigenvalue weighted by Crippen LogP contribution is -2.36. The first-order valence-corrected chi connectivity index (χ1v) is 7.41. The number of aryl methyl sites for hydroxylation is 1. The third kappa shape index (κ3) is 2.44. The summed E-state index contributed by atoms with van der Waals surface area (Å²) in [7, 11) is 1.70. The number of rotatable bonds is 3. The highest BCUT2D eigenvalue weighted by Crippen LogP contribution is 2.35. The Morgan fingerprint density at radius 2 is 2.15 bits per heavy atom. The molecule has 1 amide bonds. The van der Waals surface area contributed by atoms with Crippen molar-refractivity contribution in [1.82, 2.24) is 20.1 Å². The Bertz CT molecular complexity index is 481. The largest absolute Gasteiger partial charge is 0.380 e. The SMILES string of the molecule is CO[C@H]1C[C@@H](c2n[nH]c(C)n2)N(C(=O)C2CCCC2)C1. The molecule has 110 valence electrons. The van der Waals surface area contributed by atoms with E-state index in [9.17, 15) is 4.79 Å². The molecule has 2 fully saturated rings. The Labute approximate surface area is 118 Å². The monoisotopic (exact) mass is 278 g/mol. The van der Waals surface area contributed by atoms with Crippen molar-refractivity contribution in [2.75, 3.05) is 13.7 Å². The summed E-state index contributed by atoms with van der Waals surface area (Å²) in [6, 6.07) is -0.0435. The lowest BCUT2D eigenvalue weighted by Gasteiger charge is -2.25. The molecular formula is C14H22N4O2. The second-order valence-corrected chi connectivity index (χ2v) is 5.86. The maximum absolute atomic E-state index is 12.7. The minimum Gasteiger partial charge on any atom is -0.380 e. The smallest absolute Gasteiger partial charge is 0.226 e. The van der Waals surface area contributed by atoms with Crippen molar-refractivity contribution in [3.05, 3.63) is 11.6 Å². The number of H-pyrrole nitrogens is 1. The van der Waals surface area contributed by atoms with Crippen LogP contribution in [-0.2, 0) is 9.53 Å². The van der Waals surface area contributed by atoms with Crippen LogP contribution < -0.4 is 0 Å². The molecule has 6 heteroatoms. The van der Waals surface area contributed by atoms with E-state index < -0.39 is 0 Å². The van der Waals surface area contributed by atoms with Gasteiger partial charge in [-0.2, -0.15) is 5.10 Å². The number of hydrogen-bond donors (Lipinski definition) is 1. The van der Waals surface area contributed by atoms with E-state index in [1.54, 1.807) is 7.11 Å². The molecule has 0 spiro atoms. The van der Waals surface area contributed by atoms with Gasteiger partial charge in [-0.05, 0) is 19.8 Å². The highest BCUT2D eigenvalue weighted by atomic mass is 16.5. The summed E-state index contributed by atoms with van der Waals surface area (Å²) in [5.41, 5.74) is 0. The summed E-state index contributed by atoms with van der Waals surface area (Å²) in [4.78, 5) is 19.0. The number of aromatic nitrogens is 3. The lowest BCUT2D eigenvalue weighted by molar-refractivity contribution is -0.136. The molecule has 0 aromatic carbocycles. The van der Waals surface area contributed by atoms with Crippen molar-refractivity contribution in [2.45, 2.75) is 51.2 Å². The van der Waals surface area contributed by atoms with E-state index in [4.69, 9.17) is 4.74 Å². The molecule has 0 unspecified atom stereocenters. The number of amides is 1. The first-order chi connectivity index (χ1) is 9.69. The number of nitrogens with zero attached hydrogens (tertiary/aromatic N) is 3. The van der Waals surface area contributed by atoms with Gasteiger partial charge in [-0.25, -0.2) is 4.98 Å². The highest BCUT2D eigenvalue weighted by molar-refractivity contribution is 5.79. The van der Waals surface area contributed by atoms with Gasteiger partial charge < -0.3 is 9.64 Å². The lowest BCUT2D eigenvalue weighted by atomic mass is 10.1. The van der Waals surface area contributed by atoms with E-state index >= 15 is 0 Å². The maximum atomic E-state index is 12.7. The molecule has 20 heavy (non-hydrogen) atoms. The van der Waals surface area contributed by atoms with Crippen LogP contribution in [-0.4, -0.2) is 45.7 Å². The van der Waals surface area contributed by atoms with Gasteiger partial charge >= 0.3 is 0 Å². The summed E-state index contributed by atoms with van der Waals surface area (Å²) >= 11 is 0. The van der Waals surface area contributed by atoms with Crippen LogP contribution in [0.2, 0.25) is 0 Å². The molecule has 3 rings (SSSR count). The summed E-state index contributed by atoms with van der Waals surface area (Å²) in [6.07, 6.45) is 5.25. The third-order valence-corrected chi connectivity index (χ3v) is 4.50. The molecular weight excluding hydrogens is 256 g/mol. The van der Waals surface area contributed by atoms with Crippen LogP contribution in [0.3, 0.4) is 0 Å². The summed E-state index contributed by atoms with van der Waals surface area (Å²) in [6.45, 7) is 2.53. The number of ether oxygens (including phenoxy) is 1. The average molecular weight is 278 g/mol. The van der Waals surface area contributed by atoms with Crippen LogP contribution >= 0.6 is 0 Å². The highest BCUT2D eigenvalue weighted by Gasteiger charge is 2.41. The van der Waals surface area contributed by atoms with Crippen LogP contribution in [0.1, 0.15) is 49.8 Å². The van der Waals surface area contributed by atoms with Gasteiger partial charge in [-0.1, -0.05) is 12.8 Å². The molecule has 0 bridgehead atoms.